The van der Waals surface area contributed by atoms with Crippen molar-refractivity contribution < 1.29 is 38.5 Å². The van der Waals surface area contributed by atoms with Crippen LogP contribution in [0.1, 0.15) is 23.5 Å². The van der Waals surface area contributed by atoms with Gasteiger partial charge in [0, 0.05) is 32.1 Å². The Labute approximate surface area is 202 Å². The van der Waals surface area contributed by atoms with E-state index in [4.69, 9.17) is 24.2 Å². The second-order valence-electron chi connectivity index (χ2n) is 8.41. The Morgan fingerprint density at radius 2 is 1.74 bits per heavy atom. The Bertz CT molecular complexity index is 1030. The maximum atomic E-state index is 12.4. The zero-order chi connectivity index (χ0) is 24.8. The highest BCUT2D eigenvalue weighted by molar-refractivity contribution is 5.81. The van der Waals surface area contributed by atoms with Gasteiger partial charge in [-0.15, -0.1) is 0 Å². The molecule has 1 aliphatic carbocycles. The normalized spacial score (nSPS) is 19.5. The van der Waals surface area contributed by atoms with Crippen molar-refractivity contribution in [1.29, 1.82) is 0 Å². The lowest BCUT2D eigenvalue weighted by molar-refractivity contribution is -0.168. The third kappa shape index (κ3) is 5.61. The summed E-state index contributed by atoms with van der Waals surface area (Å²) in [7, 11) is 1.33. The topological polar surface area (TPSA) is 132 Å². The molecule has 2 amide bonds. The van der Waals surface area contributed by atoms with Gasteiger partial charge in [-0.05, 0) is 28.7 Å². The van der Waals surface area contributed by atoms with Crippen LogP contribution in [0.4, 0.5) is 4.79 Å². The number of aliphatic carboxylic acids is 1. The standard InChI is InChI=1S/C25H28N2O8/c1-32-14-21(24(29)30)35-27-23(28)22-15(10-11-33-22)12-26-25(31)34-13-20-18-8-4-2-6-16(18)17-7-3-5-9-19(17)20/h2-9,15,20-22H,10-14H2,1H3,(H,26,31)(H,27,28)(H,29,30)/t15-,21?,22-/m1/s1. The summed E-state index contributed by atoms with van der Waals surface area (Å²) < 4.78 is 15.8. The number of methoxy groups -OCH3 is 1. The number of carbonyl (C=O) groups is 3. The lowest BCUT2D eigenvalue weighted by atomic mass is 9.98. The number of rotatable bonds is 10. The Kier molecular flexibility index (Phi) is 7.96. The number of carboxylic acids is 1. The smallest absolute Gasteiger partial charge is 0.407 e. The summed E-state index contributed by atoms with van der Waals surface area (Å²) in [5, 5.41) is 11.8. The molecule has 0 saturated carbocycles. The maximum absolute atomic E-state index is 12.4. The Hall–Kier alpha value is -3.47. The number of benzene rings is 2. The first-order valence-corrected chi connectivity index (χ1v) is 11.4. The first-order chi connectivity index (χ1) is 17.0. The minimum absolute atomic E-state index is 0.0482. The molecular weight excluding hydrogens is 456 g/mol. The van der Waals surface area contributed by atoms with Crippen molar-refractivity contribution >= 4 is 18.0 Å². The number of fused-ring (bicyclic) bond motifs is 3. The quantitative estimate of drug-likeness (QED) is 0.437. The third-order valence-electron chi connectivity index (χ3n) is 6.22. The fourth-order valence-corrected chi connectivity index (χ4v) is 4.49. The van der Waals surface area contributed by atoms with Crippen LogP contribution in [0, 0.1) is 5.92 Å². The highest BCUT2D eigenvalue weighted by Crippen LogP contribution is 2.44. The fraction of sp³-hybridized carbons (Fsp3) is 0.400. The number of hydrogen-bond acceptors (Lipinski definition) is 7. The molecule has 0 spiro atoms. The average molecular weight is 485 g/mol. The van der Waals surface area contributed by atoms with Gasteiger partial charge in [0.25, 0.3) is 5.91 Å². The summed E-state index contributed by atoms with van der Waals surface area (Å²) >= 11 is 0. The second kappa shape index (κ2) is 11.3. The van der Waals surface area contributed by atoms with E-state index in [1.165, 1.54) is 7.11 Å². The van der Waals surface area contributed by atoms with Crippen LogP contribution in [0.15, 0.2) is 48.5 Å². The summed E-state index contributed by atoms with van der Waals surface area (Å²) in [4.78, 5) is 40.9. The molecule has 186 valence electrons. The van der Waals surface area contributed by atoms with Gasteiger partial charge in [-0.1, -0.05) is 48.5 Å². The molecule has 10 heteroatoms. The number of hydroxylamine groups is 1. The summed E-state index contributed by atoms with van der Waals surface area (Å²) in [6.45, 7) is 0.452. The summed E-state index contributed by atoms with van der Waals surface area (Å²) in [6.07, 6.45) is -2.27. The highest BCUT2D eigenvalue weighted by Gasteiger charge is 2.36. The van der Waals surface area contributed by atoms with Crippen LogP contribution < -0.4 is 10.8 Å². The molecule has 1 fully saturated rings. The van der Waals surface area contributed by atoms with Crippen LogP contribution in [0.25, 0.3) is 11.1 Å². The van der Waals surface area contributed by atoms with E-state index in [2.05, 4.69) is 22.9 Å². The van der Waals surface area contributed by atoms with Gasteiger partial charge in [0.2, 0.25) is 6.10 Å². The minimum atomic E-state index is -1.34. The van der Waals surface area contributed by atoms with E-state index in [0.29, 0.717) is 13.0 Å². The van der Waals surface area contributed by atoms with Crippen LogP contribution in [0.2, 0.25) is 0 Å². The molecule has 4 rings (SSSR count). The van der Waals surface area contributed by atoms with Crippen molar-refractivity contribution in [3.05, 3.63) is 59.7 Å². The van der Waals surface area contributed by atoms with Gasteiger partial charge in [0.1, 0.15) is 12.7 Å². The number of alkyl carbamates (subject to hydrolysis) is 1. The SMILES string of the molecule is COCC(ONC(=O)[C@@H]1OCC[C@@H]1CNC(=O)OCC1c2ccccc2-c2ccccc21)C(=O)O. The zero-order valence-electron chi connectivity index (χ0n) is 19.3. The first-order valence-electron chi connectivity index (χ1n) is 11.4. The molecule has 1 unspecified atom stereocenters. The minimum Gasteiger partial charge on any atom is -0.479 e. The molecule has 2 aromatic carbocycles. The molecule has 0 aromatic heterocycles. The Morgan fingerprint density at radius 1 is 1.09 bits per heavy atom. The molecule has 1 aliphatic heterocycles. The number of hydrogen-bond donors (Lipinski definition) is 3. The van der Waals surface area contributed by atoms with Crippen LogP contribution in [0.3, 0.4) is 0 Å². The van der Waals surface area contributed by atoms with Gasteiger partial charge in [0.15, 0.2) is 0 Å². The van der Waals surface area contributed by atoms with Crippen LogP contribution in [0.5, 0.6) is 0 Å². The molecule has 2 aromatic rings. The number of carboxylic acid groups (broad SMARTS) is 1. The van der Waals surface area contributed by atoms with Crippen LogP contribution in [-0.4, -0.2) is 68.8 Å². The molecule has 2 aliphatic rings. The van der Waals surface area contributed by atoms with E-state index >= 15 is 0 Å². The molecule has 1 saturated heterocycles. The van der Waals surface area contributed by atoms with Crippen LogP contribution in [-0.2, 0) is 28.6 Å². The van der Waals surface area contributed by atoms with Crippen molar-refractivity contribution in [2.45, 2.75) is 24.5 Å². The Morgan fingerprint density at radius 3 is 2.37 bits per heavy atom. The Balaban J connectivity index is 1.27. The number of nitrogens with one attached hydrogen (secondary N) is 2. The number of amides is 2. The van der Waals surface area contributed by atoms with E-state index < -0.39 is 30.2 Å². The van der Waals surface area contributed by atoms with Gasteiger partial charge in [-0.2, -0.15) is 0 Å². The average Bonchev–Trinajstić information content (AvgIpc) is 3.46. The van der Waals surface area contributed by atoms with E-state index in [-0.39, 0.29) is 31.6 Å². The maximum Gasteiger partial charge on any atom is 0.407 e. The van der Waals surface area contributed by atoms with Gasteiger partial charge in [0.05, 0.1) is 6.61 Å². The van der Waals surface area contributed by atoms with E-state index in [9.17, 15) is 14.4 Å². The second-order valence-corrected chi connectivity index (χ2v) is 8.41. The zero-order valence-corrected chi connectivity index (χ0v) is 19.3. The summed E-state index contributed by atoms with van der Waals surface area (Å²) in [6, 6.07) is 16.2. The van der Waals surface area contributed by atoms with Crippen molar-refractivity contribution in [2.75, 3.05) is 33.5 Å². The number of ether oxygens (including phenoxy) is 3. The first kappa shape index (κ1) is 24.6. The molecule has 0 bridgehead atoms. The lowest BCUT2D eigenvalue weighted by Gasteiger charge is -2.20. The summed E-state index contributed by atoms with van der Waals surface area (Å²) in [5.74, 6) is -2.25. The predicted octanol–water partition coefficient (Wildman–Crippen LogP) is 2.08. The highest BCUT2D eigenvalue weighted by atomic mass is 16.7. The third-order valence-corrected chi connectivity index (χ3v) is 6.22. The molecule has 0 radical (unpaired) electrons. The van der Waals surface area contributed by atoms with Crippen molar-refractivity contribution in [2.24, 2.45) is 5.92 Å². The monoisotopic (exact) mass is 484 g/mol. The fourth-order valence-electron chi connectivity index (χ4n) is 4.49. The molecule has 3 atom stereocenters. The molecule has 3 N–H and O–H groups in total. The van der Waals surface area contributed by atoms with Crippen molar-refractivity contribution in [3.63, 3.8) is 0 Å². The van der Waals surface area contributed by atoms with Gasteiger partial charge in [-0.25, -0.2) is 15.1 Å². The predicted molar refractivity (Wildman–Crippen MR) is 123 cm³/mol. The van der Waals surface area contributed by atoms with E-state index in [1.807, 2.05) is 36.4 Å². The molecule has 1 heterocycles. The van der Waals surface area contributed by atoms with E-state index in [0.717, 1.165) is 22.3 Å². The molecule has 10 nitrogen and oxygen atoms in total. The van der Waals surface area contributed by atoms with Gasteiger partial charge >= 0.3 is 12.1 Å². The number of carbonyl (C=O) groups excluding carboxylic acids is 2. The van der Waals surface area contributed by atoms with E-state index in [1.54, 1.807) is 0 Å². The largest absolute Gasteiger partial charge is 0.479 e. The van der Waals surface area contributed by atoms with Gasteiger partial charge in [-0.3, -0.25) is 9.63 Å². The molecular formula is C25H28N2O8. The van der Waals surface area contributed by atoms with Gasteiger partial charge < -0.3 is 24.6 Å². The molecule has 35 heavy (non-hydrogen) atoms. The summed E-state index contributed by atoms with van der Waals surface area (Å²) in [5.41, 5.74) is 6.65. The van der Waals surface area contributed by atoms with Crippen LogP contribution >= 0.6 is 0 Å². The van der Waals surface area contributed by atoms with Crippen molar-refractivity contribution in [1.82, 2.24) is 10.8 Å². The lowest BCUT2D eigenvalue weighted by Crippen LogP contribution is -2.45. The van der Waals surface area contributed by atoms with Crippen molar-refractivity contribution in [3.8, 4) is 11.1 Å².